The number of sulfonamides is 1. The third-order valence-electron chi connectivity index (χ3n) is 2.90. The van der Waals surface area contributed by atoms with Gasteiger partial charge in [-0.2, -0.15) is 0 Å². The van der Waals surface area contributed by atoms with Crippen molar-refractivity contribution in [3.63, 3.8) is 0 Å². The van der Waals surface area contributed by atoms with Gasteiger partial charge in [0.2, 0.25) is 10.0 Å². The fourth-order valence-electron chi connectivity index (χ4n) is 1.56. The van der Waals surface area contributed by atoms with Gasteiger partial charge in [0.25, 0.3) is 0 Å². The lowest BCUT2D eigenvalue weighted by Crippen LogP contribution is -2.34. The molecule has 4 nitrogen and oxygen atoms in total. The predicted molar refractivity (Wildman–Crippen MR) is 70.0 cm³/mol. The number of rotatable bonds is 4. The lowest BCUT2D eigenvalue weighted by molar-refractivity contribution is 0.557. The second kappa shape index (κ2) is 4.35. The van der Waals surface area contributed by atoms with Gasteiger partial charge < -0.3 is 5.73 Å². The second-order valence-corrected chi connectivity index (χ2v) is 7.14. The maximum atomic E-state index is 12.1. The molecule has 2 rings (SSSR count). The first-order chi connectivity index (χ1) is 7.86. The van der Waals surface area contributed by atoms with Gasteiger partial charge in [0, 0.05) is 16.6 Å². The zero-order chi connectivity index (χ0) is 12.7. The van der Waals surface area contributed by atoms with Crippen molar-refractivity contribution < 1.29 is 8.42 Å². The Balaban J connectivity index is 2.33. The molecule has 1 saturated carbocycles. The van der Waals surface area contributed by atoms with Crippen LogP contribution in [0.1, 0.15) is 25.3 Å². The van der Waals surface area contributed by atoms with Crippen LogP contribution in [0.25, 0.3) is 0 Å². The van der Waals surface area contributed by atoms with Gasteiger partial charge in [-0.05, 0) is 53.4 Å². The van der Waals surface area contributed by atoms with Crippen molar-refractivity contribution >= 4 is 26.0 Å². The number of benzene rings is 1. The van der Waals surface area contributed by atoms with Gasteiger partial charge in [-0.25, -0.2) is 13.1 Å². The standard InChI is InChI=1S/C11H15BrN2O2S/c1-11(4-5-11)14-17(15,16)10-3-2-8(7-13)6-9(10)12/h2-3,6,14H,4-5,7,13H2,1H3. The Morgan fingerprint density at radius 3 is 2.59 bits per heavy atom. The minimum atomic E-state index is -3.45. The maximum Gasteiger partial charge on any atom is 0.242 e. The molecular weight excluding hydrogens is 304 g/mol. The molecule has 1 fully saturated rings. The van der Waals surface area contributed by atoms with Crippen LogP contribution in [-0.2, 0) is 16.6 Å². The van der Waals surface area contributed by atoms with Gasteiger partial charge in [0.15, 0.2) is 0 Å². The van der Waals surface area contributed by atoms with E-state index in [1.54, 1.807) is 18.2 Å². The van der Waals surface area contributed by atoms with Crippen molar-refractivity contribution in [2.24, 2.45) is 5.73 Å². The summed E-state index contributed by atoms with van der Waals surface area (Å²) in [4.78, 5) is 0.267. The third kappa shape index (κ3) is 2.88. The molecule has 1 aromatic rings. The van der Waals surface area contributed by atoms with Gasteiger partial charge in [0.1, 0.15) is 0 Å². The average Bonchev–Trinajstić information content (AvgIpc) is 2.94. The molecule has 0 amide bonds. The lowest BCUT2D eigenvalue weighted by Gasteiger charge is -2.13. The molecule has 0 saturated heterocycles. The van der Waals surface area contributed by atoms with E-state index in [0.29, 0.717) is 11.0 Å². The molecule has 0 unspecified atom stereocenters. The van der Waals surface area contributed by atoms with Crippen LogP contribution in [-0.4, -0.2) is 14.0 Å². The summed E-state index contributed by atoms with van der Waals surface area (Å²) in [7, 11) is -3.45. The van der Waals surface area contributed by atoms with E-state index in [2.05, 4.69) is 20.7 Å². The Bertz CT molecular complexity index is 538. The summed E-state index contributed by atoms with van der Waals surface area (Å²) in [6.45, 7) is 2.30. The molecule has 1 aromatic carbocycles. The van der Waals surface area contributed by atoms with Crippen molar-refractivity contribution in [3.05, 3.63) is 28.2 Å². The molecule has 94 valence electrons. The molecule has 17 heavy (non-hydrogen) atoms. The number of halogens is 1. The summed E-state index contributed by atoms with van der Waals surface area (Å²) in [6, 6.07) is 5.05. The first-order valence-electron chi connectivity index (χ1n) is 5.39. The highest BCUT2D eigenvalue weighted by Gasteiger charge is 2.41. The van der Waals surface area contributed by atoms with Crippen LogP contribution in [0.2, 0.25) is 0 Å². The van der Waals surface area contributed by atoms with Gasteiger partial charge in [0.05, 0.1) is 4.90 Å². The molecule has 0 heterocycles. The van der Waals surface area contributed by atoms with E-state index in [-0.39, 0.29) is 10.4 Å². The first-order valence-corrected chi connectivity index (χ1v) is 7.66. The van der Waals surface area contributed by atoms with Crippen molar-refractivity contribution in [2.75, 3.05) is 0 Å². The second-order valence-electron chi connectivity index (χ2n) is 4.64. The highest BCUT2D eigenvalue weighted by atomic mass is 79.9. The fourth-order valence-corrected chi connectivity index (χ4v) is 4.15. The molecule has 6 heteroatoms. The van der Waals surface area contributed by atoms with Crippen molar-refractivity contribution in [3.8, 4) is 0 Å². The number of hydrogen-bond acceptors (Lipinski definition) is 3. The molecule has 0 atom stereocenters. The largest absolute Gasteiger partial charge is 0.326 e. The Kier molecular flexibility index (Phi) is 3.33. The van der Waals surface area contributed by atoms with E-state index in [1.807, 2.05) is 6.92 Å². The van der Waals surface area contributed by atoms with Gasteiger partial charge in [-0.1, -0.05) is 6.07 Å². The minimum Gasteiger partial charge on any atom is -0.326 e. The minimum absolute atomic E-state index is 0.259. The summed E-state index contributed by atoms with van der Waals surface area (Å²) in [6.07, 6.45) is 1.79. The highest BCUT2D eigenvalue weighted by molar-refractivity contribution is 9.10. The quantitative estimate of drug-likeness (QED) is 0.888. The zero-order valence-electron chi connectivity index (χ0n) is 9.53. The lowest BCUT2D eigenvalue weighted by atomic mass is 10.2. The normalized spacial score (nSPS) is 18.1. The van der Waals surface area contributed by atoms with Crippen molar-refractivity contribution in [1.82, 2.24) is 4.72 Å². The SMILES string of the molecule is CC1(NS(=O)(=O)c2ccc(CN)cc2Br)CC1. The molecule has 1 aliphatic rings. The van der Waals surface area contributed by atoms with Crippen LogP contribution in [0.5, 0.6) is 0 Å². The first kappa shape index (κ1) is 13.0. The summed E-state index contributed by atoms with van der Waals surface area (Å²) in [5.41, 5.74) is 6.14. The molecule has 3 N–H and O–H groups in total. The van der Waals surface area contributed by atoms with E-state index in [0.717, 1.165) is 18.4 Å². The van der Waals surface area contributed by atoms with E-state index < -0.39 is 10.0 Å². The average molecular weight is 319 g/mol. The predicted octanol–water partition coefficient (Wildman–Crippen LogP) is 1.74. The molecule has 0 aliphatic heterocycles. The van der Waals surface area contributed by atoms with Crippen molar-refractivity contribution in [1.29, 1.82) is 0 Å². The summed E-state index contributed by atoms with van der Waals surface area (Å²) in [5, 5.41) is 0. The Morgan fingerprint density at radius 1 is 1.47 bits per heavy atom. The molecule has 0 spiro atoms. The maximum absolute atomic E-state index is 12.1. The molecule has 0 radical (unpaired) electrons. The third-order valence-corrected chi connectivity index (χ3v) is 5.52. The molecule has 1 aliphatic carbocycles. The summed E-state index contributed by atoms with van der Waals surface area (Å²) < 4.78 is 27.5. The van der Waals surface area contributed by atoms with Crippen LogP contribution in [0.4, 0.5) is 0 Å². The van der Waals surface area contributed by atoms with Gasteiger partial charge in [-0.3, -0.25) is 0 Å². The van der Waals surface area contributed by atoms with E-state index in [4.69, 9.17) is 5.73 Å². The Labute approximate surface area is 110 Å². The number of hydrogen-bond donors (Lipinski definition) is 2. The van der Waals surface area contributed by atoms with Crippen LogP contribution in [0.15, 0.2) is 27.6 Å². The van der Waals surface area contributed by atoms with Crippen molar-refractivity contribution in [2.45, 2.75) is 36.7 Å². The fraction of sp³-hybridized carbons (Fsp3) is 0.455. The number of nitrogens with one attached hydrogen (secondary N) is 1. The topological polar surface area (TPSA) is 72.2 Å². The monoisotopic (exact) mass is 318 g/mol. The van der Waals surface area contributed by atoms with Crippen LogP contribution < -0.4 is 10.5 Å². The van der Waals surface area contributed by atoms with Crippen LogP contribution in [0.3, 0.4) is 0 Å². The highest BCUT2D eigenvalue weighted by Crippen LogP contribution is 2.36. The van der Waals surface area contributed by atoms with E-state index >= 15 is 0 Å². The molecular formula is C11H15BrN2O2S. The van der Waals surface area contributed by atoms with Gasteiger partial charge in [-0.15, -0.1) is 0 Å². The molecule has 0 bridgehead atoms. The van der Waals surface area contributed by atoms with E-state index in [9.17, 15) is 8.42 Å². The Morgan fingerprint density at radius 2 is 2.12 bits per heavy atom. The summed E-state index contributed by atoms with van der Waals surface area (Å²) in [5.74, 6) is 0. The smallest absolute Gasteiger partial charge is 0.242 e. The molecule has 0 aromatic heterocycles. The van der Waals surface area contributed by atoms with Gasteiger partial charge >= 0.3 is 0 Å². The van der Waals surface area contributed by atoms with E-state index in [1.165, 1.54) is 0 Å². The Hall–Kier alpha value is -0.430. The zero-order valence-corrected chi connectivity index (χ0v) is 11.9. The van der Waals surface area contributed by atoms with Crippen LogP contribution in [0, 0.1) is 0 Å². The number of nitrogens with two attached hydrogens (primary N) is 1. The summed E-state index contributed by atoms with van der Waals surface area (Å²) >= 11 is 3.28. The van der Waals surface area contributed by atoms with Crippen LogP contribution >= 0.6 is 15.9 Å².